The van der Waals surface area contributed by atoms with Gasteiger partial charge in [-0.2, -0.15) is 0 Å². The number of benzene rings is 1. The minimum atomic E-state index is -0.597. The summed E-state index contributed by atoms with van der Waals surface area (Å²) in [6.07, 6.45) is 3.34. The summed E-state index contributed by atoms with van der Waals surface area (Å²) in [5.74, 6) is 0.0366. The normalized spacial score (nSPS) is 17.5. The van der Waals surface area contributed by atoms with Crippen molar-refractivity contribution in [2.75, 3.05) is 13.2 Å². The molecule has 7 nitrogen and oxygen atoms in total. The Balaban J connectivity index is 1.58. The SMILES string of the molecule is O=C(NO)c1ccc2c(c1)OCCN(C(=O)C1(c3ccccn3)CC1)C2. The zero-order valence-corrected chi connectivity index (χ0v) is 14.1. The van der Waals surface area contributed by atoms with Crippen LogP contribution in [0.3, 0.4) is 0 Å². The molecule has 26 heavy (non-hydrogen) atoms. The lowest BCUT2D eigenvalue weighted by molar-refractivity contribution is -0.134. The zero-order valence-electron chi connectivity index (χ0n) is 14.1. The van der Waals surface area contributed by atoms with Crippen molar-refractivity contribution in [3.05, 3.63) is 59.4 Å². The molecule has 7 heteroatoms. The Morgan fingerprint density at radius 1 is 1.23 bits per heavy atom. The van der Waals surface area contributed by atoms with Crippen LogP contribution in [0.2, 0.25) is 0 Å². The quantitative estimate of drug-likeness (QED) is 0.647. The van der Waals surface area contributed by atoms with Crippen LogP contribution in [0.4, 0.5) is 0 Å². The van der Waals surface area contributed by atoms with Crippen LogP contribution >= 0.6 is 0 Å². The second-order valence-electron chi connectivity index (χ2n) is 6.64. The predicted octanol–water partition coefficient (Wildman–Crippen LogP) is 1.65. The minimum Gasteiger partial charge on any atom is -0.491 e. The third-order valence-corrected chi connectivity index (χ3v) is 5.01. The van der Waals surface area contributed by atoms with E-state index in [9.17, 15) is 9.59 Å². The van der Waals surface area contributed by atoms with Gasteiger partial charge in [-0.3, -0.25) is 19.8 Å². The van der Waals surface area contributed by atoms with Gasteiger partial charge in [-0.15, -0.1) is 0 Å². The van der Waals surface area contributed by atoms with Gasteiger partial charge < -0.3 is 9.64 Å². The van der Waals surface area contributed by atoms with Crippen LogP contribution in [0, 0.1) is 0 Å². The van der Waals surface area contributed by atoms with Gasteiger partial charge in [0.25, 0.3) is 5.91 Å². The first-order valence-electron chi connectivity index (χ1n) is 8.55. The first-order valence-corrected chi connectivity index (χ1v) is 8.55. The molecule has 1 aromatic carbocycles. The largest absolute Gasteiger partial charge is 0.491 e. The molecule has 0 unspecified atom stereocenters. The molecule has 134 valence electrons. The molecule has 2 aromatic rings. The molecule has 1 aliphatic heterocycles. The second kappa shape index (κ2) is 6.42. The molecule has 1 aliphatic carbocycles. The van der Waals surface area contributed by atoms with Crippen molar-refractivity contribution in [2.45, 2.75) is 24.8 Å². The lowest BCUT2D eigenvalue weighted by Gasteiger charge is -2.25. The van der Waals surface area contributed by atoms with E-state index < -0.39 is 11.3 Å². The number of nitrogens with zero attached hydrogens (tertiary/aromatic N) is 2. The van der Waals surface area contributed by atoms with E-state index in [1.807, 2.05) is 18.2 Å². The maximum Gasteiger partial charge on any atom is 0.274 e. The van der Waals surface area contributed by atoms with E-state index in [-0.39, 0.29) is 5.91 Å². The lowest BCUT2D eigenvalue weighted by atomic mass is 9.99. The molecule has 2 N–H and O–H groups in total. The Morgan fingerprint density at radius 2 is 2.08 bits per heavy atom. The molecule has 0 saturated heterocycles. The summed E-state index contributed by atoms with van der Waals surface area (Å²) in [5, 5.41) is 8.77. The fraction of sp³-hybridized carbons (Fsp3) is 0.316. The van der Waals surface area contributed by atoms with E-state index >= 15 is 0 Å². The standard InChI is InChI=1S/C19H19N3O4/c23-17(21-25)13-4-5-14-12-22(9-10-26-15(14)11-13)18(24)19(6-7-19)16-3-1-2-8-20-16/h1-5,8,11,25H,6-7,9-10,12H2,(H,21,23). The number of aromatic nitrogens is 1. The smallest absolute Gasteiger partial charge is 0.274 e. The summed E-state index contributed by atoms with van der Waals surface area (Å²) in [7, 11) is 0. The highest BCUT2D eigenvalue weighted by atomic mass is 16.5. The molecule has 1 fully saturated rings. The van der Waals surface area contributed by atoms with E-state index in [0.717, 1.165) is 24.1 Å². The summed E-state index contributed by atoms with van der Waals surface area (Å²) in [5.41, 5.74) is 3.06. The third kappa shape index (κ3) is 2.80. The average molecular weight is 353 g/mol. The Morgan fingerprint density at radius 3 is 2.77 bits per heavy atom. The highest BCUT2D eigenvalue weighted by Crippen LogP contribution is 2.49. The zero-order chi connectivity index (χ0) is 18.1. The molecule has 1 aromatic heterocycles. The lowest BCUT2D eigenvalue weighted by Crippen LogP contribution is -2.40. The number of hydrogen-bond acceptors (Lipinski definition) is 5. The first-order chi connectivity index (χ1) is 12.6. The average Bonchev–Trinajstić information content (AvgIpc) is 3.51. The van der Waals surface area contributed by atoms with Gasteiger partial charge in [0, 0.05) is 23.9 Å². The summed E-state index contributed by atoms with van der Waals surface area (Å²) in [6.45, 7) is 1.24. The summed E-state index contributed by atoms with van der Waals surface area (Å²) >= 11 is 0. The van der Waals surface area contributed by atoms with Gasteiger partial charge in [-0.25, -0.2) is 5.48 Å². The van der Waals surface area contributed by atoms with Crippen molar-refractivity contribution >= 4 is 11.8 Å². The number of ether oxygens (including phenoxy) is 1. The van der Waals surface area contributed by atoms with E-state index in [1.165, 1.54) is 0 Å². The Hall–Kier alpha value is -2.93. The van der Waals surface area contributed by atoms with Crippen molar-refractivity contribution in [1.29, 1.82) is 0 Å². The topological polar surface area (TPSA) is 91.8 Å². The van der Waals surface area contributed by atoms with E-state index in [1.54, 1.807) is 34.8 Å². The Labute approximate surface area is 150 Å². The highest BCUT2D eigenvalue weighted by Gasteiger charge is 2.54. The fourth-order valence-corrected chi connectivity index (χ4v) is 3.40. The Kier molecular flexibility index (Phi) is 4.08. The minimum absolute atomic E-state index is 0.0739. The van der Waals surface area contributed by atoms with Crippen LogP contribution in [-0.4, -0.2) is 40.1 Å². The van der Waals surface area contributed by atoms with Crippen LogP contribution < -0.4 is 10.2 Å². The molecule has 2 aliphatic rings. The van der Waals surface area contributed by atoms with Crippen molar-refractivity contribution in [3.63, 3.8) is 0 Å². The molecule has 0 bridgehead atoms. The number of hydrogen-bond donors (Lipinski definition) is 2. The number of pyridine rings is 1. The number of fused-ring (bicyclic) bond motifs is 1. The van der Waals surface area contributed by atoms with Crippen molar-refractivity contribution in [1.82, 2.24) is 15.4 Å². The number of nitrogens with one attached hydrogen (secondary N) is 1. The molecule has 2 heterocycles. The van der Waals surface area contributed by atoms with E-state index in [0.29, 0.717) is 31.0 Å². The van der Waals surface area contributed by atoms with Crippen molar-refractivity contribution in [3.8, 4) is 5.75 Å². The molecule has 0 radical (unpaired) electrons. The highest BCUT2D eigenvalue weighted by molar-refractivity contribution is 5.94. The number of carbonyl (C=O) groups is 2. The van der Waals surface area contributed by atoms with Crippen molar-refractivity contribution < 1.29 is 19.5 Å². The van der Waals surface area contributed by atoms with Crippen molar-refractivity contribution in [2.24, 2.45) is 0 Å². The van der Waals surface area contributed by atoms with Crippen LogP contribution in [0.15, 0.2) is 42.6 Å². The molecule has 1 saturated carbocycles. The maximum atomic E-state index is 13.2. The first kappa shape index (κ1) is 16.5. The fourth-order valence-electron chi connectivity index (χ4n) is 3.40. The van der Waals surface area contributed by atoms with Crippen LogP contribution in [0.5, 0.6) is 5.75 Å². The molecule has 0 spiro atoms. The molecule has 0 atom stereocenters. The second-order valence-corrected chi connectivity index (χ2v) is 6.64. The van der Waals surface area contributed by atoms with Crippen LogP contribution in [-0.2, 0) is 16.8 Å². The number of amides is 2. The molecular weight excluding hydrogens is 334 g/mol. The molecule has 2 amide bonds. The molecule has 4 rings (SSSR count). The summed E-state index contributed by atoms with van der Waals surface area (Å²) in [6, 6.07) is 10.6. The Bertz CT molecular complexity index is 849. The monoisotopic (exact) mass is 353 g/mol. The number of carbonyl (C=O) groups excluding carboxylic acids is 2. The van der Waals surface area contributed by atoms with Gasteiger partial charge in [0.15, 0.2) is 0 Å². The number of rotatable bonds is 3. The van der Waals surface area contributed by atoms with Gasteiger partial charge in [0.05, 0.1) is 17.7 Å². The summed E-state index contributed by atoms with van der Waals surface area (Å²) < 4.78 is 5.73. The third-order valence-electron chi connectivity index (χ3n) is 5.01. The van der Waals surface area contributed by atoms with Gasteiger partial charge in [0.1, 0.15) is 12.4 Å². The maximum absolute atomic E-state index is 13.2. The van der Waals surface area contributed by atoms with Gasteiger partial charge in [0.2, 0.25) is 5.91 Å². The van der Waals surface area contributed by atoms with Crippen LogP contribution in [0.1, 0.15) is 34.5 Å². The van der Waals surface area contributed by atoms with Crippen LogP contribution in [0.25, 0.3) is 0 Å². The van der Waals surface area contributed by atoms with Gasteiger partial charge in [-0.1, -0.05) is 12.1 Å². The van der Waals surface area contributed by atoms with E-state index in [2.05, 4.69) is 4.98 Å². The predicted molar refractivity (Wildman–Crippen MR) is 91.8 cm³/mol. The van der Waals surface area contributed by atoms with E-state index in [4.69, 9.17) is 9.94 Å². The van der Waals surface area contributed by atoms with Gasteiger partial charge >= 0.3 is 0 Å². The summed E-state index contributed by atoms with van der Waals surface area (Å²) in [4.78, 5) is 31.0. The van der Waals surface area contributed by atoms with Gasteiger partial charge in [-0.05, 0) is 37.1 Å². The number of hydroxylamine groups is 1. The molecular formula is C19H19N3O4.